The summed E-state index contributed by atoms with van der Waals surface area (Å²) in [5.74, 6) is 1.22. The fourth-order valence-corrected chi connectivity index (χ4v) is 4.19. The van der Waals surface area contributed by atoms with Crippen LogP contribution in [0, 0.1) is 6.92 Å². The Morgan fingerprint density at radius 1 is 1.21 bits per heavy atom. The third-order valence-corrected chi connectivity index (χ3v) is 5.97. The van der Waals surface area contributed by atoms with E-state index in [-0.39, 0.29) is 18.4 Å². The van der Waals surface area contributed by atoms with Crippen molar-refractivity contribution in [3.63, 3.8) is 0 Å². The van der Waals surface area contributed by atoms with E-state index in [0.29, 0.717) is 23.9 Å². The Morgan fingerprint density at radius 3 is 2.72 bits per heavy atom. The summed E-state index contributed by atoms with van der Waals surface area (Å²) < 4.78 is 11.2. The van der Waals surface area contributed by atoms with Crippen LogP contribution >= 0.6 is 11.3 Å². The quantitative estimate of drug-likeness (QED) is 0.645. The van der Waals surface area contributed by atoms with Crippen LogP contribution in [0.25, 0.3) is 10.8 Å². The Kier molecular flexibility index (Phi) is 6.39. The van der Waals surface area contributed by atoms with Crippen molar-refractivity contribution < 1.29 is 13.9 Å². The van der Waals surface area contributed by atoms with E-state index in [0.717, 1.165) is 31.2 Å². The highest BCUT2D eigenvalue weighted by Gasteiger charge is 2.23. The highest BCUT2D eigenvalue weighted by molar-refractivity contribution is 7.13. The molecule has 152 valence electrons. The van der Waals surface area contributed by atoms with Crippen molar-refractivity contribution in [3.05, 3.63) is 64.9 Å². The molecule has 1 atom stereocenters. The number of carbonyl (C=O) groups excluding carboxylic acids is 1. The van der Waals surface area contributed by atoms with Crippen molar-refractivity contribution in [2.75, 3.05) is 32.8 Å². The summed E-state index contributed by atoms with van der Waals surface area (Å²) in [7, 11) is 0. The number of aryl methyl sites for hydroxylation is 1. The molecule has 2 aromatic heterocycles. The zero-order chi connectivity index (χ0) is 20.1. The van der Waals surface area contributed by atoms with Crippen LogP contribution in [0.1, 0.15) is 23.1 Å². The predicted molar refractivity (Wildman–Crippen MR) is 113 cm³/mol. The summed E-state index contributed by atoms with van der Waals surface area (Å²) in [5.41, 5.74) is 1.89. The van der Waals surface area contributed by atoms with E-state index in [1.165, 1.54) is 5.56 Å². The van der Waals surface area contributed by atoms with E-state index >= 15 is 0 Å². The number of ether oxygens (including phenoxy) is 1. The molecule has 0 saturated carbocycles. The maximum absolute atomic E-state index is 12.6. The topological polar surface area (TPSA) is 67.6 Å². The minimum atomic E-state index is -0.0479. The number of morpholine rings is 1. The molecule has 0 radical (unpaired) electrons. The lowest BCUT2D eigenvalue weighted by atomic mass is 10.0. The molecule has 4 rings (SSSR count). The van der Waals surface area contributed by atoms with Crippen molar-refractivity contribution in [2.45, 2.75) is 19.4 Å². The van der Waals surface area contributed by atoms with Gasteiger partial charge in [0, 0.05) is 19.6 Å². The molecule has 1 aliphatic heterocycles. The van der Waals surface area contributed by atoms with Gasteiger partial charge in [0.05, 0.1) is 36.2 Å². The summed E-state index contributed by atoms with van der Waals surface area (Å²) >= 11 is 1.57. The monoisotopic (exact) mass is 411 g/mol. The van der Waals surface area contributed by atoms with Crippen LogP contribution in [0.4, 0.5) is 0 Å². The normalized spacial score (nSPS) is 15.9. The molecule has 1 unspecified atom stereocenters. The number of rotatable bonds is 7. The van der Waals surface area contributed by atoms with Crippen LogP contribution in [0.3, 0.4) is 0 Å². The first kappa shape index (κ1) is 19.8. The van der Waals surface area contributed by atoms with Crippen LogP contribution in [-0.4, -0.2) is 48.6 Å². The average molecular weight is 412 g/mol. The zero-order valence-electron chi connectivity index (χ0n) is 16.5. The van der Waals surface area contributed by atoms with Gasteiger partial charge < -0.3 is 14.5 Å². The van der Waals surface area contributed by atoms with E-state index in [1.807, 2.05) is 42.6 Å². The van der Waals surface area contributed by atoms with Crippen LogP contribution in [0.15, 0.2) is 52.3 Å². The van der Waals surface area contributed by atoms with Gasteiger partial charge in [0.25, 0.3) is 0 Å². The largest absolute Gasteiger partial charge is 0.440 e. The molecule has 0 bridgehead atoms. The molecule has 1 fully saturated rings. The molecule has 29 heavy (non-hydrogen) atoms. The number of carbonyl (C=O) groups is 1. The third-order valence-electron chi connectivity index (χ3n) is 5.12. The number of benzene rings is 1. The van der Waals surface area contributed by atoms with E-state index < -0.39 is 0 Å². The molecule has 7 heteroatoms. The summed E-state index contributed by atoms with van der Waals surface area (Å²) in [4.78, 5) is 20.5. The molecular formula is C22H25N3O3S. The first-order valence-electron chi connectivity index (χ1n) is 9.84. The number of nitrogens with zero attached hydrogens (tertiary/aromatic N) is 2. The fraction of sp³-hybridized carbons (Fsp3) is 0.364. The van der Waals surface area contributed by atoms with Crippen LogP contribution in [-0.2, 0) is 16.0 Å². The average Bonchev–Trinajstić information content (AvgIpc) is 3.40. The lowest BCUT2D eigenvalue weighted by Gasteiger charge is -2.34. The molecule has 0 aliphatic carbocycles. The first-order chi connectivity index (χ1) is 14.2. The Labute approximate surface area is 174 Å². The van der Waals surface area contributed by atoms with Gasteiger partial charge in [0.15, 0.2) is 0 Å². The highest BCUT2D eigenvalue weighted by atomic mass is 32.1. The lowest BCUT2D eigenvalue weighted by Crippen LogP contribution is -2.44. The number of hydrogen-bond donors (Lipinski definition) is 1. The Morgan fingerprint density at radius 2 is 2.00 bits per heavy atom. The molecule has 3 heterocycles. The fourth-order valence-electron chi connectivity index (χ4n) is 3.54. The number of thiophene rings is 1. The van der Waals surface area contributed by atoms with Crippen molar-refractivity contribution >= 4 is 17.2 Å². The highest BCUT2D eigenvalue weighted by Crippen LogP contribution is 2.26. The number of amides is 1. The first-order valence-corrected chi connectivity index (χ1v) is 10.7. The second kappa shape index (κ2) is 9.35. The molecule has 1 N–H and O–H groups in total. The van der Waals surface area contributed by atoms with E-state index in [1.54, 1.807) is 11.3 Å². The zero-order valence-corrected chi connectivity index (χ0v) is 17.3. The van der Waals surface area contributed by atoms with Gasteiger partial charge in [-0.1, -0.05) is 36.4 Å². The summed E-state index contributed by atoms with van der Waals surface area (Å²) in [6.07, 6.45) is 0.214. The molecule has 3 aromatic rings. The van der Waals surface area contributed by atoms with Gasteiger partial charge in [-0.05, 0) is 23.9 Å². The molecular weight excluding hydrogens is 386 g/mol. The van der Waals surface area contributed by atoms with Gasteiger partial charge in [-0.25, -0.2) is 4.98 Å². The second-order valence-electron chi connectivity index (χ2n) is 7.05. The Bertz CT molecular complexity index is 918. The van der Waals surface area contributed by atoms with Crippen molar-refractivity contribution in [1.82, 2.24) is 15.2 Å². The molecule has 0 spiro atoms. The molecule has 1 aromatic carbocycles. The third kappa shape index (κ3) is 4.93. The van der Waals surface area contributed by atoms with Crippen molar-refractivity contribution in [1.29, 1.82) is 0 Å². The van der Waals surface area contributed by atoms with E-state index in [9.17, 15) is 4.79 Å². The molecule has 1 aliphatic rings. The van der Waals surface area contributed by atoms with Gasteiger partial charge >= 0.3 is 0 Å². The maximum Gasteiger partial charge on any atom is 0.236 e. The van der Waals surface area contributed by atoms with Gasteiger partial charge in [0.2, 0.25) is 11.8 Å². The van der Waals surface area contributed by atoms with Crippen molar-refractivity contribution in [3.8, 4) is 10.8 Å². The Hall–Kier alpha value is -2.48. The van der Waals surface area contributed by atoms with E-state index in [4.69, 9.17) is 9.15 Å². The number of oxazole rings is 1. The van der Waals surface area contributed by atoms with Gasteiger partial charge in [0.1, 0.15) is 5.76 Å². The number of aromatic nitrogens is 1. The van der Waals surface area contributed by atoms with Crippen LogP contribution in [0.5, 0.6) is 0 Å². The van der Waals surface area contributed by atoms with Gasteiger partial charge in [-0.3, -0.25) is 9.69 Å². The number of hydrogen-bond acceptors (Lipinski definition) is 6. The minimum Gasteiger partial charge on any atom is -0.440 e. The molecule has 1 amide bonds. The predicted octanol–water partition coefficient (Wildman–Crippen LogP) is 3.44. The summed E-state index contributed by atoms with van der Waals surface area (Å²) in [5, 5.41) is 5.08. The van der Waals surface area contributed by atoms with Crippen LogP contribution in [0.2, 0.25) is 0 Å². The minimum absolute atomic E-state index is 0.0479. The lowest BCUT2D eigenvalue weighted by molar-refractivity contribution is -0.120. The standard InChI is InChI=1S/C22H25N3O3S/c1-16-18(24-22(28-16)20-8-5-13-29-20)14-21(26)23-15-19(17-6-3-2-4-7-17)25-9-11-27-12-10-25/h2-8,13,19H,9-12,14-15H2,1H3,(H,23,26). The molecule has 1 saturated heterocycles. The smallest absolute Gasteiger partial charge is 0.236 e. The summed E-state index contributed by atoms with van der Waals surface area (Å²) in [6, 6.07) is 14.4. The Balaban J connectivity index is 1.40. The maximum atomic E-state index is 12.6. The van der Waals surface area contributed by atoms with Crippen LogP contribution < -0.4 is 5.32 Å². The van der Waals surface area contributed by atoms with Gasteiger partial charge in [-0.15, -0.1) is 11.3 Å². The summed E-state index contributed by atoms with van der Waals surface area (Å²) in [6.45, 7) is 5.58. The van der Waals surface area contributed by atoms with Crippen molar-refractivity contribution in [2.24, 2.45) is 0 Å². The molecule has 6 nitrogen and oxygen atoms in total. The van der Waals surface area contributed by atoms with Gasteiger partial charge in [-0.2, -0.15) is 0 Å². The second-order valence-corrected chi connectivity index (χ2v) is 8.00. The van der Waals surface area contributed by atoms with E-state index in [2.05, 4.69) is 27.3 Å². The number of nitrogens with one attached hydrogen (secondary N) is 1. The SMILES string of the molecule is Cc1oc(-c2cccs2)nc1CC(=O)NCC(c1ccccc1)N1CCOCC1.